The highest BCUT2D eigenvalue weighted by atomic mass is 31.2. The number of hydrogen-bond acceptors (Lipinski definition) is 12. The van der Waals surface area contributed by atoms with Crippen LogP contribution in [0.25, 0.3) is 0 Å². The quantitative estimate of drug-likeness (QED) is 0.0306. The van der Waals surface area contributed by atoms with Gasteiger partial charge >= 0.3 is 25.6 Å². The molecule has 13 atom stereocenters. The van der Waals surface area contributed by atoms with Crippen LogP contribution in [0.2, 0.25) is 0 Å². The molecular weight excluding hydrogens is 1020 g/mol. The van der Waals surface area contributed by atoms with Crippen LogP contribution < -0.4 is 31.7 Å². The van der Waals surface area contributed by atoms with Crippen LogP contribution in [0.15, 0.2) is 51.7 Å². The van der Waals surface area contributed by atoms with Crippen molar-refractivity contribution in [2.45, 2.75) is 187 Å². The van der Waals surface area contributed by atoms with Crippen molar-refractivity contribution in [3.8, 4) is 5.75 Å². The van der Waals surface area contributed by atoms with Gasteiger partial charge in [-0.05, 0) is 128 Å². The second-order valence-electron chi connectivity index (χ2n) is 23.4. The number of aromatic nitrogens is 2. The SMILES string of the molecule is CC(C)CCC[C@@H](C)C1CC[C@H]2[C@@H]3CC=C4C[C@@H](OC(=O)N[C@H](Cc5ccc(OP(=O)(O)O)cc5)C(=O)NC(CCCCNC(=O)CCC(=O)C5OC(n6cc(F)c(=O)[nH]c6=O)CC5O)C(=O)O)CC[C@]4(C)[C@H]3CC[C@]12C. The molecule has 4 aliphatic carbocycles. The molecule has 3 saturated carbocycles. The number of aliphatic hydroxyl groups excluding tert-OH is 1. The van der Waals surface area contributed by atoms with E-state index in [1.165, 1.54) is 74.8 Å². The van der Waals surface area contributed by atoms with E-state index in [9.17, 15) is 62.5 Å². The van der Waals surface area contributed by atoms with E-state index < -0.39 is 91.2 Å². The number of benzene rings is 1. The Labute approximate surface area is 448 Å². The van der Waals surface area contributed by atoms with E-state index in [0.29, 0.717) is 47.8 Å². The average molecular weight is 1100 g/mol. The number of amides is 3. The highest BCUT2D eigenvalue weighted by Gasteiger charge is 2.59. The fourth-order valence-electron chi connectivity index (χ4n) is 13.8. The van der Waals surface area contributed by atoms with Gasteiger partial charge in [-0.15, -0.1) is 0 Å². The zero-order chi connectivity index (χ0) is 56.0. The molecule has 1 aromatic heterocycles. The Balaban J connectivity index is 0.903. The molecule has 1 saturated heterocycles. The van der Waals surface area contributed by atoms with Gasteiger partial charge in [0.1, 0.15) is 36.3 Å². The lowest BCUT2D eigenvalue weighted by Crippen LogP contribution is -2.53. The molecule has 7 rings (SSSR count). The number of nitrogens with zero attached hydrogens (tertiary/aromatic N) is 1. The van der Waals surface area contributed by atoms with E-state index in [0.717, 1.165) is 35.2 Å². The molecule has 22 heteroatoms. The van der Waals surface area contributed by atoms with Crippen molar-refractivity contribution in [3.63, 3.8) is 0 Å². The topological polar surface area (TPSA) is 302 Å². The monoisotopic (exact) mass is 1100 g/mol. The first kappa shape index (κ1) is 59.5. The van der Waals surface area contributed by atoms with Crippen molar-refractivity contribution in [1.82, 2.24) is 25.5 Å². The van der Waals surface area contributed by atoms with Gasteiger partial charge in [0.05, 0.1) is 12.3 Å². The number of carboxylic acids is 1. The van der Waals surface area contributed by atoms with Crippen LogP contribution in [0.3, 0.4) is 0 Å². The van der Waals surface area contributed by atoms with E-state index in [2.05, 4.69) is 61.2 Å². The van der Waals surface area contributed by atoms with Crippen molar-refractivity contribution >= 4 is 37.5 Å². The number of hydrogen-bond donors (Lipinski definition) is 8. The molecule has 5 unspecified atom stereocenters. The number of unbranched alkanes of at least 4 members (excludes halogenated alkanes) is 1. The van der Waals surface area contributed by atoms with Gasteiger partial charge in [-0.25, -0.2) is 18.9 Å². The number of H-pyrrole nitrogens is 1. The molecule has 4 fully saturated rings. The number of nitrogens with one attached hydrogen (secondary N) is 4. The van der Waals surface area contributed by atoms with Crippen LogP contribution in [-0.2, 0) is 39.6 Å². The number of alkyl carbamates (subject to hydrolysis) is 1. The number of ether oxygens (including phenoxy) is 2. The molecule has 5 aliphatic rings. The molecule has 77 heavy (non-hydrogen) atoms. The summed E-state index contributed by atoms with van der Waals surface area (Å²) in [6.07, 6.45) is 9.21. The number of allylic oxidation sites excluding steroid dienone is 1. The Morgan fingerprint density at radius 1 is 0.922 bits per heavy atom. The summed E-state index contributed by atoms with van der Waals surface area (Å²) in [6.45, 7) is 12.2. The molecule has 2 aromatic rings. The number of carbonyl (C=O) groups is 5. The Hall–Kier alpha value is -5.21. The lowest BCUT2D eigenvalue weighted by Gasteiger charge is -2.58. The zero-order valence-corrected chi connectivity index (χ0v) is 45.8. The Kier molecular flexibility index (Phi) is 19.5. The van der Waals surface area contributed by atoms with E-state index in [4.69, 9.17) is 9.47 Å². The summed E-state index contributed by atoms with van der Waals surface area (Å²) in [4.78, 5) is 109. The Bertz CT molecular complexity index is 2660. The second-order valence-corrected chi connectivity index (χ2v) is 24.5. The minimum Gasteiger partial charge on any atom is -0.480 e. The molecule has 0 radical (unpaired) electrons. The summed E-state index contributed by atoms with van der Waals surface area (Å²) in [6, 6.07) is 2.78. The first-order valence-corrected chi connectivity index (χ1v) is 29.1. The first-order valence-electron chi connectivity index (χ1n) is 27.5. The molecule has 1 aliphatic heterocycles. The maximum Gasteiger partial charge on any atom is 0.524 e. The average Bonchev–Trinajstić information content (AvgIpc) is 4.03. The molecular formula is C55H79FN5O15P. The number of rotatable bonds is 24. The van der Waals surface area contributed by atoms with Gasteiger partial charge in [-0.1, -0.05) is 77.7 Å². The summed E-state index contributed by atoms with van der Waals surface area (Å²) >= 11 is 0. The smallest absolute Gasteiger partial charge is 0.480 e. The van der Waals surface area contributed by atoms with Crippen molar-refractivity contribution in [2.75, 3.05) is 6.54 Å². The lowest BCUT2D eigenvalue weighted by molar-refractivity contribution is -0.142. The summed E-state index contributed by atoms with van der Waals surface area (Å²) in [7, 11) is -4.86. The van der Waals surface area contributed by atoms with Gasteiger partial charge in [0.15, 0.2) is 5.78 Å². The largest absolute Gasteiger partial charge is 0.524 e. The van der Waals surface area contributed by atoms with Gasteiger partial charge in [-0.2, -0.15) is 4.39 Å². The molecule has 8 N–H and O–H groups in total. The van der Waals surface area contributed by atoms with Crippen molar-refractivity contribution in [2.24, 2.45) is 46.3 Å². The van der Waals surface area contributed by atoms with Gasteiger partial charge in [0, 0.05) is 38.6 Å². The number of aromatic amines is 1. The van der Waals surface area contributed by atoms with E-state index in [-0.39, 0.29) is 62.7 Å². The fourth-order valence-corrected chi connectivity index (χ4v) is 14.2. The summed E-state index contributed by atoms with van der Waals surface area (Å²) in [5.41, 5.74) is -0.0851. The van der Waals surface area contributed by atoms with Crippen LogP contribution >= 0.6 is 7.82 Å². The van der Waals surface area contributed by atoms with Crippen molar-refractivity contribution in [1.29, 1.82) is 0 Å². The summed E-state index contributed by atoms with van der Waals surface area (Å²) < 4.78 is 42.2. The third kappa shape index (κ3) is 14.7. The number of fused-ring (bicyclic) bond motifs is 5. The van der Waals surface area contributed by atoms with Crippen LogP contribution in [-0.4, -0.2) is 96.2 Å². The van der Waals surface area contributed by atoms with Gasteiger partial charge in [-0.3, -0.25) is 38.5 Å². The Morgan fingerprint density at radius 3 is 2.36 bits per heavy atom. The molecule has 1 aromatic carbocycles. The minimum absolute atomic E-state index is 0.00396. The highest BCUT2D eigenvalue weighted by molar-refractivity contribution is 7.46. The molecule has 20 nitrogen and oxygen atoms in total. The van der Waals surface area contributed by atoms with Crippen LogP contribution in [0.4, 0.5) is 9.18 Å². The van der Waals surface area contributed by atoms with Gasteiger partial charge in [0.2, 0.25) is 17.6 Å². The van der Waals surface area contributed by atoms with Crippen LogP contribution in [0, 0.1) is 52.2 Å². The number of carbonyl (C=O) groups excluding carboxylic acids is 4. The number of ketones is 1. The second kappa shape index (κ2) is 25.3. The van der Waals surface area contributed by atoms with Gasteiger partial charge < -0.3 is 40.2 Å². The number of phosphoric ester groups is 1. The predicted molar refractivity (Wildman–Crippen MR) is 280 cm³/mol. The molecule has 2 heterocycles. The van der Waals surface area contributed by atoms with Gasteiger partial charge in [0.25, 0.3) is 5.56 Å². The molecule has 0 bridgehead atoms. The number of aliphatic hydroxyl groups is 1. The van der Waals surface area contributed by atoms with E-state index >= 15 is 0 Å². The molecule has 426 valence electrons. The fraction of sp³-hybridized carbons (Fsp3) is 0.691. The summed E-state index contributed by atoms with van der Waals surface area (Å²) in [5.74, 6) is -0.606. The standard InChI is InChI=1S/C55H79FN5O15P/c1-31(2)9-8-10-32(3)38-18-19-39-37-17-14-34-28-36(22-24-54(34,4)40(37)23-25-55(38,39)5)74-53(70)59-43(27-33-12-15-35(16-13-33)76-77(71,72)73)50(66)58-42(51(67)68)11-6-7-26-57-46(64)21-20-44(62)48-45(63)29-47(75-48)61-30-41(56)49(65)60-52(61)69/h12-16,30-32,36-40,42-43,45,47-48,63H,6-11,17-29H2,1-5H3,(H,57,64)(H,58,66)(H,59,70)(H,67,68)(H,60,65,69)(H2,71,72,73)/t32-,36+,37+,38?,39+,40+,42?,43-,45?,47?,48?,54+,55-/m1/s1. The van der Waals surface area contributed by atoms with Crippen LogP contribution in [0.1, 0.15) is 156 Å². The van der Waals surface area contributed by atoms with E-state index in [1.807, 2.05) is 0 Å². The molecule has 0 spiro atoms. The third-order valence-corrected chi connectivity index (χ3v) is 18.3. The summed E-state index contributed by atoms with van der Waals surface area (Å²) in [5, 5.41) is 28.4. The predicted octanol–water partition coefficient (Wildman–Crippen LogP) is 6.75. The van der Waals surface area contributed by atoms with Crippen molar-refractivity contribution in [3.05, 3.63) is 74.3 Å². The number of carboxylic acid groups (broad SMARTS) is 1. The minimum atomic E-state index is -4.86. The van der Waals surface area contributed by atoms with Crippen LogP contribution in [0.5, 0.6) is 5.75 Å². The first-order chi connectivity index (χ1) is 36.3. The Morgan fingerprint density at radius 2 is 1.66 bits per heavy atom. The number of phosphoric acid groups is 1. The maximum atomic E-state index is 14.0. The number of halogens is 1. The normalized spacial score (nSPS) is 28.9. The zero-order valence-electron chi connectivity index (χ0n) is 44.9. The number of aliphatic carboxylic acids is 1. The van der Waals surface area contributed by atoms with Crippen molar-refractivity contribution < 1.29 is 66.9 Å². The highest BCUT2D eigenvalue weighted by Crippen LogP contribution is 2.67. The lowest BCUT2D eigenvalue weighted by atomic mass is 9.47. The molecule has 3 amide bonds. The third-order valence-electron chi connectivity index (χ3n) is 17.8. The van der Waals surface area contributed by atoms with E-state index in [1.54, 1.807) is 4.98 Å². The number of Topliss-reactive ketones (excluding diaryl/α,β-unsaturated/α-hetero) is 1. The maximum absolute atomic E-state index is 14.0.